The van der Waals surface area contributed by atoms with E-state index in [2.05, 4.69) is 64.2 Å². The highest BCUT2D eigenvalue weighted by molar-refractivity contribution is 6.89. The molecule has 0 aliphatic carbocycles. The average molecular weight is 355 g/mol. The smallest absolute Gasteiger partial charge is 0.330 e. The highest BCUT2D eigenvalue weighted by Crippen LogP contribution is 2.23. The summed E-state index contributed by atoms with van der Waals surface area (Å²) in [5.74, 6) is 0. The molecular weight excluding hydrogens is 320 g/mol. The van der Waals surface area contributed by atoms with E-state index in [0.717, 1.165) is 0 Å². The van der Waals surface area contributed by atoms with Crippen molar-refractivity contribution < 1.29 is 12.3 Å². The van der Waals surface area contributed by atoms with Crippen molar-refractivity contribution in [3.8, 4) is 0 Å². The standard InChI is InChI=1S/C11H34N2O3Si4/c1-17(2,3)14-19(7,8)16-20(9,11-13-10-12)15-18(4,5)6/h13H,10-12H2,1-9H3. The highest BCUT2D eigenvalue weighted by Gasteiger charge is 2.44. The Morgan fingerprint density at radius 1 is 0.750 bits per heavy atom. The van der Waals surface area contributed by atoms with Crippen LogP contribution >= 0.6 is 0 Å². The molecule has 0 spiro atoms. The molecular formula is C11H34N2O3Si4. The number of nitrogens with one attached hydrogen (secondary N) is 1. The van der Waals surface area contributed by atoms with Gasteiger partial charge in [-0.1, -0.05) is 0 Å². The topological polar surface area (TPSA) is 65.7 Å². The molecule has 0 bridgehead atoms. The normalized spacial score (nSPS) is 17.1. The molecule has 0 rings (SSSR count). The molecule has 0 aromatic carbocycles. The van der Waals surface area contributed by atoms with Crippen molar-refractivity contribution in [1.82, 2.24) is 5.32 Å². The van der Waals surface area contributed by atoms with Crippen LogP contribution in [0.4, 0.5) is 0 Å². The van der Waals surface area contributed by atoms with E-state index in [1.54, 1.807) is 0 Å². The molecule has 9 heteroatoms. The summed E-state index contributed by atoms with van der Waals surface area (Å²) in [5, 5.41) is 3.19. The van der Waals surface area contributed by atoms with Gasteiger partial charge in [-0.05, 0) is 58.9 Å². The maximum absolute atomic E-state index is 6.46. The van der Waals surface area contributed by atoms with Gasteiger partial charge in [0.2, 0.25) is 0 Å². The summed E-state index contributed by atoms with van der Waals surface area (Å²) in [6, 6.07) is 0. The van der Waals surface area contributed by atoms with Gasteiger partial charge in [0.05, 0.1) is 0 Å². The summed E-state index contributed by atoms with van der Waals surface area (Å²) in [6.45, 7) is 20.0. The SMILES string of the molecule is C[Si](C)(C)O[Si](C)(C)O[Si](C)(CNCN)O[Si](C)(C)C. The van der Waals surface area contributed by atoms with Gasteiger partial charge >= 0.3 is 17.1 Å². The van der Waals surface area contributed by atoms with Crippen LogP contribution < -0.4 is 11.1 Å². The van der Waals surface area contributed by atoms with E-state index >= 15 is 0 Å². The van der Waals surface area contributed by atoms with Crippen molar-refractivity contribution in [2.24, 2.45) is 5.73 Å². The van der Waals surface area contributed by atoms with Gasteiger partial charge in [0.1, 0.15) is 0 Å². The highest BCUT2D eigenvalue weighted by atomic mass is 28.5. The molecule has 0 heterocycles. The van der Waals surface area contributed by atoms with Gasteiger partial charge in [0.25, 0.3) is 0 Å². The van der Waals surface area contributed by atoms with Crippen molar-refractivity contribution in [2.45, 2.75) is 58.9 Å². The first kappa shape index (κ1) is 20.7. The molecule has 20 heavy (non-hydrogen) atoms. The summed E-state index contributed by atoms with van der Waals surface area (Å²) in [6.07, 6.45) is 0.708. The van der Waals surface area contributed by atoms with Crippen LogP contribution in [0.3, 0.4) is 0 Å². The molecule has 122 valence electrons. The molecule has 1 atom stereocenters. The van der Waals surface area contributed by atoms with Crippen molar-refractivity contribution in [1.29, 1.82) is 0 Å². The molecule has 0 aromatic heterocycles. The van der Waals surface area contributed by atoms with Crippen LogP contribution in [-0.2, 0) is 12.3 Å². The first-order chi connectivity index (χ1) is 8.68. The maximum Gasteiger partial charge on any atom is 0.330 e. The lowest BCUT2D eigenvalue weighted by atomic mass is 11.1. The third kappa shape index (κ3) is 10.4. The molecule has 0 aliphatic heterocycles. The largest absolute Gasteiger partial charge is 0.437 e. The first-order valence-corrected chi connectivity index (χ1v) is 19.4. The molecule has 1 unspecified atom stereocenters. The number of hydrogen-bond donors (Lipinski definition) is 2. The summed E-state index contributed by atoms with van der Waals surface area (Å²) in [4.78, 5) is 0. The van der Waals surface area contributed by atoms with Crippen LogP contribution in [0.25, 0.3) is 0 Å². The van der Waals surface area contributed by atoms with E-state index in [1.165, 1.54) is 0 Å². The number of nitrogens with two attached hydrogens (primary N) is 1. The lowest BCUT2D eigenvalue weighted by molar-refractivity contribution is 0.321. The van der Waals surface area contributed by atoms with Gasteiger partial charge < -0.3 is 23.4 Å². The fourth-order valence-corrected chi connectivity index (χ4v) is 19.8. The molecule has 3 N–H and O–H groups in total. The van der Waals surface area contributed by atoms with E-state index in [4.69, 9.17) is 18.1 Å². The van der Waals surface area contributed by atoms with Gasteiger partial charge in [-0.25, -0.2) is 0 Å². The van der Waals surface area contributed by atoms with Crippen molar-refractivity contribution >= 4 is 33.8 Å². The fraction of sp³-hybridized carbons (Fsp3) is 1.00. The Labute approximate surface area is 129 Å². The number of hydrogen-bond acceptors (Lipinski definition) is 5. The van der Waals surface area contributed by atoms with E-state index in [1.807, 2.05) is 0 Å². The summed E-state index contributed by atoms with van der Waals surface area (Å²) in [5.41, 5.74) is 5.56. The lowest BCUT2D eigenvalue weighted by Gasteiger charge is -2.41. The Bertz CT molecular complexity index is 305. The molecule has 0 amide bonds. The van der Waals surface area contributed by atoms with E-state index in [0.29, 0.717) is 12.8 Å². The van der Waals surface area contributed by atoms with Gasteiger partial charge in [-0.3, -0.25) is 0 Å². The Morgan fingerprint density at radius 2 is 1.20 bits per heavy atom. The Hall–Kier alpha value is 0.668. The third-order valence-electron chi connectivity index (χ3n) is 2.13. The summed E-state index contributed by atoms with van der Waals surface area (Å²) < 4.78 is 19.1. The van der Waals surface area contributed by atoms with Crippen LogP contribution in [-0.4, -0.2) is 46.6 Å². The second kappa shape index (κ2) is 7.29. The maximum atomic E-state index is 6.46. The van der Waals surface area contributed by atoms with Gasteiger partial charge in [0.15, 0.2) is 16.6 Å². The lowest BCUT2D eigenvalue weighted by Crippen LogP contribution is -2.61. The monoisotopic (exact) mass is 354 g/mol. The first-order valence-electron chi connectivity index (χ1n) is 7.19. The molecule has 0 saturated heterocycles. The minimum absolute atomic E-state index is 0.442. The average Bonchev–Trinajstić information content (AvgIpc) is 2.05. The Kier molecular flexibility index (Phi) is 7.53. The predicted octanol–water partition coefficient (Wildman–Crippen LogP) is 2.52. The molecule has 0 saturated carbocycles. The van der Waals surface area contributed by atoms with Crippen molar-refractivity contribution in [3.05, 3.63) is 0 Å². The van der Waals surface area contributed by atoms with Crippen LogP contribution in [0.15, 0.2) is 0 Å². The second-order valence-electron chi connectivity index (χ2n) is 7.70. The Balaban J connectivity index is 4.96. The van der Waals surface area contributed by atoms with E-state index in [-0.39, 0.29) is 0 Å². The summed E-state index contributed by atoms with van der Waals surface area (Å²) >= 11 is 0. The molecule has 0 aliphatic rings. The van der Waals surface area contributed by atoms with Crippen molar-refractivity contribution in [2.75, 3.05) is 12.8 Å². The zero-order chi connectivity index (χ0) is 16.2. The van der Waals surface area contributed by atoms with E-state index < -0.39 is 33.8 Å². The molecule has 0 fully saturated rings. The molecule has 5 nitrogen and oxygen atoms in total. The zero-order valence-electron chi connectivity index (χ0n) is 14.7. The van der Waals surface area contributed by atoms with Crippen molar-refractivity contribution in [3.63, 3.8) is 0 Å². The van der Waals surface area contributed by atoms with Crippen LogP contribution in [0.1, 0.15) is 0 Å². The third-order valence-corrected chi connectivity index (χ3v) is 15.3. The minimum atomic E-state index is -2.31. The Morgan fingerprint density at radius 3 is 1.55 bits per heavy atom. The van der Waals surface area contributed by atoms with Gasteiger partial charge in [-0.2, -0.15) is 0 Å². The summed E-state index contributed by atoms with van der Waals surface area (Å²) in [7, 11) is -7.78. The number of rotatable bonds is 9. The quantitative estimate of drug-likeness (QED) is 0.492. The zero-order valence-corrected chi connectivity index (χ0v) is 18.7. The fourth-order valence-electron chi connectivity index (χ4n) is 2.32. The van der Waals surface area contributed by atoms with Gasteiger partial charge in [0, 0.05) is 12.8 Å². The second-order valence-corrected chi connectivity index (χ2v) is 24.0. The van der Waals surface area contributed by atoms with Gasteiger partial charge in [-0.15, -0.1) is 0 Å². The molecule has 0 aromatic rings. The van der Waals surface area contributed by atoms with Crippen LogP contribution in [0.2, 0.25) is 58.9 Å². The minimum Gasteiger partial charge on any atom is -0.437 e. The predicted molar refractivity (Wildman–Crippen MR) is 96.1 cm³/mol. The van der Waals surface area contributed by atoms with E-state index in [9.17, 15) is 0 Å². The van der Waals surface area contributed by atoms with Crippen LogP contribution in [0.5, 0.6) is 0 Å². The van der Waals surface area contributed by atoms with Crippen LogP contribution in [0, 0.1) is 0 Å². The molecule has 0 radical (unpaired) electrons.